The molecule has 1 heterocycles. The first-order valence-electron chi connectivity index (χ1n) is 5.63. The van der Waals surface area contributed by atoms with E-state index in [2.05, 4.69) is 10.4 Å². The molecule has 6 heteroatoms. The molecule has 0 aliphatic heterocycles. The van der Waals surface area contributed by atoms with Gasteiger partial charge in [-0.25, -0.2) is 4.68 Å². The summed E-state index contributed by atoms with van der Waals surface area (Å²) in [5, 5.41) is 7.24. The smallest absolute Gasteiger partial charge is 0.287 e. The molecular formula is C11H19ClN4O. The average Bonchev–Trinajstić information content (AvgIpc) is 2.23. The van der Waals surface area contributed by atoms with Gasteiger partial charge < -0.3 is 11.1 Å². The molecule has 0 radical (unpaired) electrons. The third-order valence-electron chi connectivity index (χ3n) is 2.15. The van der Waals surface area contributed by atoms with E-state index in [4.69, 9.17) is 17.3 Å². The molecule has 17 heavy (non-hydrogen) atoms. The predicted molar refractivity (Wildman–Crippen MR) is 70.6 cm³/mol. The van der Waals surface area contributed by atoms with E-state index in [1.807, 2.05) is 20.8 Å². The molecule has 3 N–H and O–H groups in total. The Morgan fingerprint density at radius 3 is 2.76 bits per heavy atom. The topological polar surface area (TPSA) is 72.9 Å². The van der Waals surface area contributed by atoms with Crippen molar-refractivity contribution in [2.75, 3.05) is 11.9 Å². The second-order valence-electron chi connectivity index (χ2n) is 4.74. The Morgan fingerprint density at radius 1 is 1.59 bits per heavy atom. The Labute approximate surface area is 106 Å². The van der Waals surface area contributed by atoms with Gasteiger partial charge in [0.15, 0.2) is 0 Å². The van der Waals surface area contributed by atoms with Crippen molar-refractivity contribution in [1.29, 1.82) is 0 Å². The molecule has 0 unspecified atom stereocenters. The fourth-order valence-corrected chi connectivity index (χ4v) is 1.50. The van der Waals surface area contributed by atoms with E-state index in [1.54, 1.807) is 6.20 Å². The Kier molecular flexibility index (Phi) is 4.54. The van der Waals surface area contributed by atoms with Crippen LogP contribution in [0.15, 0.2) is 11.0 Å². The Bertz CT molecular complexity index is 436. The molecule has 0 saturated carbocycles. The summed E-state index contributed by atoms with van der Waals surface area (Å²) < 4.78 is 1.36. The molecule has 0 atom stereocenters. The molecule has 0 amide bonds. The molecule has 0 saturated heterocycles. The molecule has 0 spiro atoms. The van der Waals surface area contributed by atoms with Gasteiger partial charge in [0.1, 0.15) is 5.02 Å². The van der Waals surface area contributed by atoms with E-state index in [0.717, 1.165) is 6.42 Å². The van der Waals surface area contributed by atoms with Crippen LogP contribution in [0, 0.1) is 0 Å². The summed E-state index contributed by atoms with van der Waals surface area (Å²) in [7, 11) is 0. The van der Waals surface area contributed by atoms with Gasteiger partial charge in [-0.2, -0.15) is 5.10 Å². The number of hydrogen-bond donors (Lipinski definition) is 2. The Hall–Kier alpha value is -1.07. The maximum absolute atomic E-state index is 11.8. The highest BCUT2D eigenvalue weighted by Gasteiger charge is 2.13. The fourth-order valence-electron chi connectivity index (χ4n) is 1.28. The summed E-state index contributed by atoms with van der Waals surface area (Å²) >= 11 is 5.99. The van der Waals surface area contributed by atoms with Gasteiger partial charge in [-0.15, -0.1) is 0 Å². The number of nitrogens with zero attached hydrogens (tertiary/aromatic N) is 2. The summed E-state index contributed by atoms with van der Waals surface area (Å²) in [6.07, 6.45) is 2.40. The lowest BCUT2D eigenvalue weighted by molar-refractivity contribution is 0.546. The van der Waals surface area contributed by atoms with E-state index in [0.29, 0.717) is 18.8 Å². The zero-order valence-corrected chi connectivity index (χ0v) is 11.2. The number of halogens is 1. The number of aryl methyl sites for hydroxylation is 1. The maximum atomic E-state index is 11.8. The Balaban J connectivity index is 2.89. The number of hydrogen-bond acceptors (Lipinski definition) is 4. The molecular weight excluding hydrogens is 240 g/mol. The minimum absolute atomic E-state index is 0.165. The number of rotatable bonds is 5. The number of nitrogens with two attached hydrogens (primary N) is 1. The van der Waals surface area contributed by atoms with Crippen molar-refractivity contribution in [1.82, 2.24) is 9.78 Å². The zero-order valence-electron chi connectivity index (χ0n) is 10.5. The van der Waals surface area contributed by atoms with Crippen LogP contribution >= 0.6 is 11.6 Å². The van der Waals surface area contributed by atoms with Crippen LogP contribution in [0.2, 0.25) is 5.02 Å². The van der Waals surface area contributed by atoms with Crippen molar-refractivity contribution in [3.8, 4) is 0 Å². The van der Waals surface area contributed by atoms with Crippen molar-refractivity contribution in [2.24, 2.45) is 5.73 Å². The fraction of sp³-hybridized carbons (Fsp3) is 0.636. The van der Waals surface area contributed by atoms with Crippen molar-refractivity contribution in [2.45, 2.75) is 39.3 Å². The summed E-state index contributed by atoms with van der Waals surface area (Å²) in [5.41, 5.74) is 5.73. The summed E-state index contributed by atoms with van der Waals surface area (Å²) in [5.74, 6) is 0. The van der Waals surface area contributed by atoms with Gasteiger partial charge in [0.25, 0.3) is 5.56 Å². The number of anilines is 1. The third-order valence-corrected chi connectivity index (χ3v) is 2.52. The largest absolute Gasteiger partial charge is 0.381 e. The first-order valence-corrected chi connectivity index (χ1v) is 6.01. The van der Waals surface area contributed by atoms with Gasteiger partial charge in [-0.05, 0) is 20.3 Å². The van der Waals surface area contributed by atoms with Crippen LogP contribution in [-0.2, 0) is 6.54 Å². The molecule has 1 aromatic rings. The summed E-state index contributed by atoms with van der Waals surface area (Å²) in [4.78, 5) is 11.8. The first-order chi connectivity index (χ1) is 7.85. The molecule has 1 rings (SSSR count). The molecule has 0 aliphatic carbocycles. The monoisotopic (exact) mass is 258 g/mol. The molecule has 0 bridgehead atoms. The summed E-state index contributed by atoms with van der Waals surface area (Å²) in [6.45, 7) is 6.84. The van der Waals surface area contributed by atoms with E-state index < -0.39 is 0 Å². The second kappa shape index (κ2) is 5.51. The summed E-state index contributed by atoms with van der Waals surface area (Å²) in [6, 6.07) is 0. The molecule has 96 valence electrons. The van der Waals surface area contributed by atoms with Crippen LogP contribution in [0.4, 0.5) is 5.69 Å². The average molecular weight is 259 g/mol. The van der Waals surface area contributed by atoms with Gasteiger partial charge in [0.2, 0.25) is 0 Å². The molecule has 0 aromatic carbocycles. The highest BCUT2D eigenvalue weighted by molar-refractivity contribution is 6.32. The molecule has 5 nitrogen and oxygen atoms in total. The van der Waals surface area contributed by atoms with Crippen molar-refractivity contribution in [3.05, 3.63) is 21.6 Å². The lowest BCUT2D eigenvalue weighted by Gasteiger charge is -2.20. The van der Waals surface area contributed by atoms with Crippen LogP contribution in [-0.4, -0.2) is 21.9 Å². The first kappa shape index (κ1) is 14.0. The highest BCUT2D eigenvalue weighted by Crippen LogP contribution is 2.15. The minimum atomic E-state index is -0.373. The predicted octanol–water partition coefficient (Wildman–Crippen LogP) is 1.46. The van der Waals surface area contributed by atoms with E-state index in [1.165, 1.54) is 4.68 Å². The number of aromatic nitrogens is 2. The van der Waals surface area contributed by atoms with Gasteiger partial charge in [-0.1, -0.05) is 18.5 Å². The molecule has 0 fully saturated rings. The molecule has 1 aromatic heterocycles. The Morgan fingerprint density at radius 2 is 2.24 bits per heavy atom. The van der Waals surface area contributed by atoms with E-state index >= 15 is 0 Å². The van der Waals surface area contributed by atoms with Gasteiger partial charge >= 0.3 is 0 Å². The minimum Gasteiger partial charge on any atom is -0.381 e. The van der Waals surface area contributed by atoms with Crippen molar-refractivity contribution >= 4 is 17.3 Å². The van der Waals surface area contributed by atoms with E-state index in [-0.39, 0.29) is 16.1 Å². The standard InChI is InChI=1S/C11H19ClN4O/c1-4-5-16-10(17)9(12)8(6-15-16)14-7-11(2,3)13/h6,14H,4-5,7,13H2,1-3H3. The van der Waals surface area contributed by atoms with Gasteiger partial charge in [0.05, 0.1) is 11.9 Å². The maximum Gasteiger partial charge on any atom is 0.287 e. The lowest BCUT2D eigenvalue weighted by Crippen LogP contribution is -2.40. The van der Waals surface area contributed by atoms with Crippen molar-refractivity contribution in [3.63, 3.8) is 0 Å². The highest BCUT2D eigenvalue weighted by atomic mass is 35.5. The van der Waals surface area contributed by atoms with Crippen LogP contribution in [0.25, 0.3) is 0 Å². The van der Waals surface area contributed by atoms with Gasteiger partial charge in [-0.3, -0.25) is 4.79 Å². The van der Waals surface area contributed by atoms with Crippen LogP contribution < -0.4 is 16.6 Å². The SMILES string of the molecule is CCCn1ncc(NCC(C)(C)N)c(Cl)c1=O. The van der Waals surface area contributed by atoms with Gasteiger partial charge in [0, 0.05) is 18.6 Å². The van der Waals surface area contributed by atoms with Crippen molar-refractivity contribution < 1.29 is 0 Å². The van der Waals surface area contributed by atoms with Crippen LogP contribution in [0.3, 0.4) is 0 Å². The molecule has 0 aliphatic rings. The van der Waals surface area contributed by atoms with Crippen LogP contribution in [0.5, 0.6) is 0 Å². The van der Waals surface area contributed by atoms with Crippen LogP contribution in [0.1, 0.15) is 27.2 Å². The zero-order chi connectivity index (χ0) is 13.1. The van der Waals surface area contributed by atoms with E-state index in [9.17, 15) is 4.79 Å². The lowest BCUT2D eigenvalue weighted by atomic mass is 10.1. The quantitative estimate of drug-likeness (QED) is 0.839. The number of nitrogens with one attached hydrogen (secondary N) is 1. The third kappa shape index (κ3) is 4.02. The second-order valence-corrected chi connectivity index (χ2v) is 5.12. The normalized spacial score (nSPS) is 11.6.